The van der Waals surface area contributed by atoms with Crippen LogP contribution in [0.2, 0.25) is 0 Å². The number of aromatic amines is 1. The summed E-state index contributed by atoms with van der Waals surface area (Å²) in [5.41, 5.74) is 3.19. The molecule has 0 saturated carbocycles. The summed E-state index contributed by atoms with van der Waals surface area (Å²) in [6, 6.07) is 11.6. The van der Waals surface area contributed by atoms with E-state index in [1.54, 1.807) is 12.3 Å². The Morgan fingerprint density at radius 3 is 2.89 bits per heavy atom. The molecule has 0 fully saturated rings. The fraction of sp³-hybridized carbons (Fsp3) is 0.0714. The highest BCUT2D eigenvalue weighted by atomic mass is 16.5. The van der Waals surface area contributed by atoms with Crippen LogP contribution in [0, 0.1) is 18.3 Å². The normalized spacial score (nSPS) is 10.3. The molecule has 0 aliphatic heterocycles. The highest BCUT2D eigenvalue weighted by molar-refractivity contribution is 5.62. The van der Waals surface area contributed by atoms with E-state index in [0.29, 0.717) is 23.0 Å². The number of benzene rings is 1. The highest BCUT2D eigenvalue weighted by Gasteiger charge is 2.13. The van der Waals surface area contributed by atoms with Crippen molar-refractivity contribution >= 4 is 0 Å². The van der Waals surface area contributed by atoms with Crippen LogP contribution in [0.25, 0.3) is 23.0 Å². The fourth-order valence-electron chi connectivity index (χ4n) is 1.85. The van der Waals surface area contributed by atoms with Crippen molar-refractivity contribution in [2.45, 2.75) is 6.92 Å². The topological polar surface area (TPSA) is 78.5 Å². The lowest BCUT2D eigenvalue weighted by atomic mass is 10.1. The Morgan fingerprint density at radius 2 is 2.16 bits per heavy atom. The maximum absolute atomic E-state index is 8.78. The van der Waals surface area contributed by atoms with Gasteiger partial charge >= 0.3 is 0 Å². The van der Waals surface area contributed by atoms with E-state index in [2.05, 4.69) is 15.1 Å². The van der Waals surface area contributed by atoms with Gasteiger partial charge in [0, 0.05) is 11.8 Å². The van der Waals surface area contributed by atoms with Gasteiger partial charge in [0.1, 0.15) is 11.8 Å². The quantitative estimate of drug-likeness (QED) is 0.758. The average molecular weight is 250 g/mol. The Balaban J connectivity index is 2.00. The third-order valence-electron chi connectivity index (χ3n) is 2.85. The van der Waals surface area contributed by atoms with Gasteiger partial charge in [-0.05, 0) is 18.6 Å². The molecule has 0 aliphatic carbocycles. The van der Waals surface area contributed by atoms with Crippen LogP contribution in [0.15, 0.2) is 41.1 Å². The molecule has 19 heavy (non-hydrogen) atoms. The third-order valence-corrected chi connectivity index (χ3v) is 2.85. The van der Waals surface area contributed by atoms with Crippen LogP contribution in [-0.2, 0) is 0 Å². The number of aryl methyl sites for hydroxylation is 1. The zero-order valence-corrected chi connectivity index (χ0v) is 10.2. The number of nitriles is 1. The molecule has 2 aromatic heterocycles. The van der Waals surface area contributed by atoms with Gasteiger partial charge in [-0.15, -0.1) is 0 Å². The number of hydrogen-bond acceptors (Lipinski definition) is 4. The Morgan fingerprint density at radius 1 is 1.32 bits per heavy atom. The molecule has 2 heterocycles. The predicted molar refractivity (Wildman–Crippen MR) is 69.0 cm³/mol. The second kappa shape index (κ2) is 4.42. The van der Waals surface area contributed by atoms with E-state index in [0.717, 1.165) is 11.1 Å². The van der Waals surface area contributed by atoms with E-state index in [9.17, 15) is 0 Å². The SMILES string of the molecule is Cc1ccccc1-c1noc(-c2cc(C#N)c[nH]2)n1. The van der Waals surface area contributed by atoms with Crippen molar-refractivity contribution in [3.05, 3.63) is 47.7 Å². The second-order valence-corrected chi connectivity index (χ2v) is 4.15. The van der Waals surface area contributed by atoms with Gasteiger partial charge in [-0.25, -0.2) is 0 Å². The highest BCUT2D eigenvalue weighted by Crippen LogP contribution is 2.23. The molecule has 0 atom stereocenters. The summed E-state index contributed by atoms with van der Waals surface area (Å²) < 4.78 is 5.22. The summed E-state index contributed by atoms with van der Waals surface area (Å²) in [5, 5.41) is 12.8. The lowest BCUT2D eigenvalue weighted by molar-refractivity contribution is 0.431. The lowest BCUT2D eigenvalue weighted by Gasteiger charge is -1.97. The van der Waals surface area contributed by atoms with Crippen molar-refractivity contribution in [2.75, 3.05) is 0 Å². The molecule has 0 saturated heterocycles. The lowest BCUT2D eigenvalue weighted by Crippen LogP contribution is -1.84. The van der Waals surface area contributed by atoms with Crippen LogP contribution in [0.4, 0.5) is 0 Å². The molecule has 3 rings (SSSR count). The number of nitrogens with one attached hydrogen (secondary N) is 1. The number of H-pyrrole nitrogens is 1. The first-order valence-corrected chi connectivity index (χ1v) is 5.76. The number of aromatic nitrogens is 3. The Labute approximate surface area is 109 Å². The van der Waals surface area contributed by atoms with Crippen molar-refractivity contribution in [3.8, 4) is 29.0 Å². The first kappa shape index (κ1) is 11.2. The van der Waals surface area contributed by atoms with Gasteiger partial charge in [-0.2, -0.15) is 10.2 Å². The zero-order chi connectivity index (χ0) is 13.2. The monoisotopic (exact) mass is 250 g/mol. The number of nitrogens with zero attached hydrogens (tertiary/aromatic N) is 3. The molecule has 92 valence electrons. The Bertz CT molecular complexity index is 764. The first-order chi connectivity index (χ1) is 9.28. The Kier molecular flexibility index (Phi) is 2.62. The van der Waals surface area contributed by atoms with Crippen molar-refractivity contribution in [2.24, 2.45) is 0 Å². The second-order valence-electron chi connectivity index (χ2n) is 4.15. The molecule has 0 amide bonds. The zero-order valence-electron chi connectivity index (χ0n) is 10.2. The van der Waals surface area contributed by atoms with E-state index < -0.39 is 0 Å². The van der Waals surface area contributed by atoms with Crippen molar-refractivity contribution < 1.29 is 4.52 Å². The maximum Gasteiger partial charge on any atom is 0.274 e. The van der Waals surface area contributed by atoms with E-state index in [1.165, 1.54) is 0 Å². The van der Waals surface area contributed by atoms with Gasteiger partial charge in [0.2, 0.25) is 5.82 Å². The van der Waals surface area contributed by atoms with E-state index >= 15 is 0 Å². The van der Waals surface area contributed by atoms with Crippen molar-refractivity contribution in [1.82, 2.24) is 15.1 Å². The minimum atomic E-state index is 0.375. The molecular weight excluding hydrogens is 240 g/mol. The van der Waals surface area contributed by atoms with Gasteiger partial charge in [0.15, 0.2) is 0 Å². The molecule has 3 aromatic rings. The average Bonchev–Trinajstić information content (AvgIpc) is 3.08. The van der Waals surface area contributed by atoms with Crippen LogP contribution in [0.5, 0.6) is 0 Å². The van der Waals surface area contributed by atoms with Crippen molar-refractivity contribution in [1.29, 1.82) is 5.26 Å². The van der Waals surface area contributed by atoms with Crippen LogP contribution in [0.1, 0.15) is 11.1 Å². The molecule has 0 bridgehead atoms. The van der Waals surface area contributed by atoms with E-state index in [-0.39, 0.29) is 0 Å². The molecule has 0 unspecified atom stereocenters. The van der Waals surface area contributed by atoms with Gasteiger partial charge in [-0.1, -0.05) is 29.4 Å². The van der Waals surface area contributed by atoms with Gasteiger partial charge in [0.05, 0.1) is 5.56 Å². The largest absolute Gasteiger partial charge is 0.356 e. The van der Waals surface area contributed by atoms with Crippen molar-refractivity contribution in [3.63, 3.8) is 0 Å². The predicted octanol–water partition coefficient (Wildman–Crippen LogP) is 2.91. The van der Waals surface area contributed by atoms with Crippen LogP contribution in [-0.4, -0.2) is 15.1 Å². The minimum Gasteiger partial charge on any atom is -0.356 e. The molecule has 0 aliphatic rings. The molecule has 5 heteroatoms. The molecule has 1 N–H and O–H groups in total. The summed E-state index contributed by atoms with van der Waals surface area (Å²) in [4.78, 5) is 7.27. The molecule has 5 nitrogen and oxygen atoms in total. The number of rotatable bonds is 2. The van der Waals surface area contributed by atoms with E-state index in [1.807, 2.05) is 37.3 Å². The molecular formula is C14H10N4O. The van der Waals surface area contributed by atoms with Gasteiger partial charge in [0.25, 0.3) is 5.89 Å². The molecule has 0 radical (unpaired) electrons. The molecule has 1 aromatic carbocycles. The summed E-state index contributed by atoms with van der Waals surface area (Å²) in [6.45, 7) is 1.99. The maximum atomic E-state index is 8.78. The van der Waals surface area contributed by atoms with E-state index in [4.69, 9.17) is 9.78 Å². The summed E-state index contributed by atoms with van der Waals surface area (Å²) in [5.74, 6) is 0.918. The van der Waals surface area contributed by atoms with Crippen LogP contribution in [0.3, 0.4) is 0 Å². The summed E-state index contributed by atoms with van der Waals surface area (Å²) in [6.07, 6.45) is 1.60. The van der Waals surface area contributed by atoms with Crippen LogP contribution >= 0.6 is 0 Å². The third kappa shape index (κ3) is 2.00. The first-order valence-electron chi connectivity index (χ1n) is 5.76. The van der Waals surface area contributed by atoms with Gasteiger partial charge in [-0.3, -0.25) is 0 Å². The van der Waals surface area contributed by atoms with Crippen LogP contribution < -0.4 is 0 Å². The Hall–Kier alpha value is -2.87. The smallest absolute Gasteiger partial charge is 0.274 e. The van der Waals surface area contributed by atoms with Gasteiger partial charge < -0.3 is 9.51 Å². The summed E-state index contributed by atoms with van der Waals surface area (Å²) in [7, 11) is 0. The standard InChI is InChI=1S/C14H10N4O/c1-9-4-2-3-5-11(9)13-17-14(19-18-13)12-6-10(7-15)8-16-12/h2-6,8,16H,1H3. The summed E-state index contributed by atoms with van der Waals surface area (Å²) >= 11 is 0. The fourth-order valence-corrected chi connectivity index (χ4v) is 1.85. The minimum absolute atomic E-state index is 0.375. The molecule has 0 spiro atoms. The number of hydrogen-bond donors (Lipinski definition) is 1.